The van der Waals surface area contributed by atoms with Crippen LogP contribution in [-0.2, 0) is 21.2 Å². The summed E-state index contributed by atoms with van der Waals surface area (Å²) in [4.78, 5) is 14.3. The van der Waals surface area contributed by atoms with E-state index in [4.69, 9.17) is 0 Å². The number of anilines is 2. The zero-order valence-corrected chi connectivity index (χ0v) is 17.2. The molecule has 1 N–H and O–H groups in total. The van der Waals surface area contributed by atoms with Crippen molar-refractivity contribution in [3.8, 4) is 0 Å². The van der Waals surface area contributed by atoms with Gasteiger partial charge in [-0.05, 0) is 59.5 Å². The number of carbonyl (C=O) groups excluding carboxylic acids is 1. The molecule has 0 unspecified atom stereocenters. The van der Waals surface area contributed by atoms with Gasteiger partial charge in [-0.25, -0.2) is 8.42 Å². The lowest BCUT2D eigenvalue weighted by molar-refractivity contribution is -0.118. The summed E-state index contributed by atoms with van der Waals surface area (Å²) < 4.78 is 28.5. The van der Waals surface area contributed by atoms with Gasteiger partial charge in [-0.3, -0.25) is 9.52 Å². The molecule has 29 heavy (non-hydrogen) atoms. The lowest BCUT2D eigenvalue weighted by Gasteiger charge is -2.29. The second-order valence-corrected chi connectivity index (χ2v) is 9.04. The first-order chi connectivity index (χ1) is 14.0. The van der Waals surface area contributed by atoms with Gasteiger partial charge in [0.25, 0.3) is 10.0 Å². The molecule has 0 bridgehead atoms. The quantitative estimate of drug-likeness (QED) is 0.642. The molecule has 1 amide bonds. The molecule has 0 saturated heterocycles. The topological polar surface area (TPSA) is 66.5 Å². The molecular weight excluding hydrogens is 384 g/mol. The molecule has 0 aromatic heterocycles. The van der Waals surface area contributed by atoms with Gasteiger partial charge in [0.1, 0.15) is 0 Å². The lowest BCUT2D eigenvalue weighted by Crippen LogP contribution is -2.35. The average molecular weight is 409 g/mol. The third-order valence-electron chi connectivity index (χ3n) is 5.30. The fraction of sp³-hybridized carbons (Fsp3) is 0.261. The van der Waals surface area contributed by atoms with Crippen molar-refractivity contribution in [2.75, 3.05) is 16.2 Å². The Balaban J connectivity index is 1.61. The van der Waals surface area contributed by atoms with Crippen molar-refractivity contribution in [3.63, 3.8) is 0 Å². The summed E-state index contributed by atoms with van der Waals surface area (Å²) in [6.07, 6.45) is 3.05. The minimum atomic E-state index is -3.70. The summed E-state index contributed by atoms with van der Waals surface area (Å²) in [6.45, 7) is 2.80. The number of hydrogen-bond acceptors (Lipinski definition) is 3. The van der Waals surface area contributed by atoms with Crippen molar-refractivity contribution in [1.82, 2.24) is 0 Å². The standard InChI is InChI=1S/C23H24N2O3S/c1-2-3-14-25-22-12-10-20(15-19(22)9-13-23(25)26)24-29(27,28)21-11-8-17-6-4-5-7-18(17)16-21/h4-8,10-12,15-16,24H,2-3,9,13-14H2,1H3. The van der Waals surface area contributed by atoms with E-state index in [2.05, 4.69) is 11.6 Å². The number of nitrogens with zero attached hydrogens (tertiary/aromatic N) is 1. The van der Waals surface area contributed by atoms with Gasteiger partial charge >= 0.3 is 0 Å². The molecule has 4 rings (SSSR count). The number of fused-ring (bicyclic) bond motifs is 2. The number of benzene rings is 3. The highest BCUT2D eigenvalue weighted by molar-refractivity contribution is 7.92. The normalized spacial score (nSPS) is 14.1. The first kappa shape index (κ1) is 19.5. The highest BCUT2D eigenvalue weighted by atomic mass is 32.2. The van der Waals surface area contributed by atoms with Gasteiger partial charge in [0, 0.05) is 24.3 Å². The number of sulfonamides is 1. The van der Waals surface area contributed by atoms with Crippen LogP contribution in [-0.4, -0.2) is 20.9 Å². The molecule has 0 radical (unpaired) electrons. The Labute approximate surface area is 171 Å². The van der Waals surface area contributed by atoms with Crippen molar-refractivity contribution in [2.24, 2.45) is 0 Å². The largest absolute Gasteiger partial charge is 0.312 e. The first-order valence-corrected chi connectivity index (χ1v) is 11.4. The molecule has 150 valence electrons. The van der Waals surface area contributed by atoms with E-state index in [1.54, 1.807) is 18.2 Å². The van der Waals surface area contributed by atoms with Gasteiger partial charge in [0.2, 0.25) is 5.91 Å². The number of nitrogens with one attached hydrogen (secondary N) is 1. The third-order valence-corrected chi connectivity index (χ3v) is 6.68. The van der Waals surface area contributed by atoms with Gasteiger partial charge in [-0.15, -0.1) is 0 Å². The second kappa shape index (κ2) is 7.87. The zero-order valence-electron chi connectivity index (χ0n) is 16.4. The molecule has 1 heterocycles. The van der Waals surface area contributed by atoms with E-state index in [1.165, 1.54) is 0 Å². The van der Waals surface area contributed by atoms with Crippen LogP contribution in [0.1, 0.15) is 31.7 Å². The molecule has 0 fully saturated rings. The number of amides is 1. The molecule has 0 aliphatic carbocycles. The first-order valence-electron chi connectivity index (χ1n) is 9.93. The Morgan fingerprint density at radius 1 is 0.966 bits per heavy atom. The van der Waals surface area contributed by atoms with Crippen molar-refractivity contribution < 1.29 is 13.2 Å². The minimum Gasteiger partial charge on any atom is -0.312 e. The van der Waals surface area contributed by atoms with Gasteiger partial charge in [-0.2, -0.15) is 0 Å². The number of rotatable bonds is 6. The molecule has 0 atom stereocenters. The van der Waals surface area contributed by atoms with E-state index in [-0.39, 0.29) is 10.8 Å². The predicted octanol–water partition coefficient (Wildman–Crippen LogP) is 4.72. The molecule has 5 nitrogen and oxygen atoms in total. The maximum atomic E-state index is 12.9. The Kier molecular flexibility index (Phi) is 5.28. The molecule has 3 aromatic rings. The fourth-order valence-electron chi connectivity index (χ4n) is 3.73. The maximum Gasteiger partial charge on any atom is 0.261 e. The van der Waals surface area contributed by atoms with Crippen LogP contribution in [0, 0.1) is 0 Å². The lowest BCUT2D eigenvalue weighted by atomic mass is 10.00. The summed E-state index contributed by atoms with van der Waals surface area (Å²) in [5.41, 5.74) is 2.41. The number of unbranched alkanes of at least 4 members (excludes halogenated alkanes) is 1. The van der Waals surface area contributed by atoms with Gasteiger partial charge in [0.15, 0.2) is 0 Å². The number of hydrogen-bond donors (Lipinski definition) is 1. The highest BCUT2D eigenvalue weighted by Gasteiger charge is 2.24. The van der Waals surface area contributed by atoms with E-state index in [0.717, 1.165) is 34.9 Å². The van der Waals surface area contributed by atoms with E-state index in [0.29, 0.717) is 25.1 Å². The summed E-state index contributed by atoms with van der Waals surface area (Å²) in [7, 11) is -3.70. The fourth-order valence-corrected chi connectivity index (χ4v) is 4.82. The van der Waals surface area contributed by atoms with Crippen molar-refractivity contribution in [2.45, 2.75) is 37.5 Å². The molecule has 1 aliphatic rings. The van der Waals surface area contributed by atoms with Crippen LogP contribution in [0.2, 0.25) is 0 Å². The number of carbonyl (C=O) groups is 1. The van der Waals surface area contributed by atoms with E-state index >= 15 is 0 Å². The van der Waals surface area contributed by atoms with Gasteiger partial charge in [0.05, 0.1) is 4.90 Å². The Morgan fingerprint density at radius 3 is 2.55 bits per heavy atom. The van der Waals surface area contributed by atoms with Crippen LogP contribution in [0.5, 0.6) is 0 Å². The minimum absolute atomic E-state index is 0.135. The average Bonchev–Trinajstić information content (AvgIpc) is 2.72. The summed E-state index contributed by atoms with van der Waals surface area (Å²) >= 11 is 0. The summed E-state index contributed by atoms with van der Waals surface area (Å²) in [5, 5.41) is 1.88. The van der Waals surface area contributed by atoms with Crippen LogP contribution in [0.4, 0.5) is 11.4 Å². The van der Waals surface area contributed by atoms with Gasteiger partial charge < -0.3 is 4.90 Å². The monoisotopic (exact) mass is 408 g/mol. The van der Waals surface area contributed by atoms with Gasteiger partial charge in [-0.1, -0.05) is 43.7 Å². The number of aryl methyl sites for hydroxylation is 1. The van der Waals surface area contributed by atoms with Crippen molar-refractivity contribution in [1.29, 1.82) is 0 Å². The smallest absolute Gasteiger partial charge is 0.261 e. The van der Waals surface area contributed by atoms with Crippen molar-refractivity contribution >= 4 is 38.1 Å². The van der Waals surface area contributed by atoms with E-state index in [9.17, 15) is 13.2 Å². The second-order valence-electron chi connectivity index (χ2n) is 7.36. The van der Waals surface area contributed by atoms with Crippen LogP contribution in [0.15, 0.2) is 65.6 Å². The SMILES string of the molecule is CCCCN1C(=O)CCc2cc(NS(=O)(=O)c3ccc4ccccc4c3)ccc21. The molecular formula is C23H24N2O3S. The summed E-state index contributed by atoms with van der Waals surface area (Å²) in [5.74, 6) is 0.135. The van der Waals surface area contributed by atoms with Crippen LogP contribution in [0.25, 0.3) is 10.8 Å². The highest BCUT2D eigenvalue weighted by Crippen LogP contribution is 2.31. The Hall–Kier alpha value is -2.86. The Morgan fingerprint density at radius 2 is 1.76 bits per heavy atom. The maximum absolute atomic E-state index is 12.9. The molecule has 0 spiro atoms. The molecule has 6 heteroatoms. The van der Waals surface area contributed by atoms with Crippen molar-refractivity contribution in [3.05, 3.63) is 66.2 Å². The molecule has 3 aromatic carbocycles. The van der Waals surface area contributed by atoms with E-state index in [1.807, 2.05) is 47.4 Å². The van der Waals surface area contributed by atoms with Crippen LogP contribution >= 0.6 is 0 Å². The van der Waals surface area contributed by atoms with E-state index < -0.39 is 10.0 Å². The predicted molar refractivity (Wildman–Crippen MR) is 117 cm³/mol. The zero-order chi connectivity index (χ0) is 20.4. The summed E-state index contributed by atoms with van der Waals surface area (Å²) in [6, 6.07) is 18.2. The Bertz CT molecular complexity index is 1170. The van der Waals surface area contributed by atoms with Crippen LogP contribution in [0.3, 0.4) is 0 Å². The third kappa shape index (κ3) is 3.98. The van der Waals surface area contributed by atoms with Crippen LogP contribution < -0.4 is 9.62 Å². The molecule has 0 saturated carbocycles. The molecule has 1 aliphatic heterocycles.